The fourth-order valence-corrected chi connectivity index (χ4v) is 3.72. The van der Waals surface area contributed by atoms with Crippen LogP contribution in [0.2, 0.25) is 0 Å². The Balaban J connectivity index is 2.05. The van der Waals surface area contributed by atoms with Gasteiger partial charge >= 0.3 is 5.97 Å². The summed E-state index contributed by atoms with van der Waals surface area (Å²) in [5, 5.41) is 11.6. The molecule has 4 rings (SSSR count). The van der Waals surface area contributed by atoms with Gasteiger partial charge in [-0.3, -0.25) is 4.79 Å². The lowest BCUT2D eigenvalue weighted by molar-refractivity contribution is -0.238. The third kappa shape index (κ3) is 1.92. The van der Waals surface area contributed by atoms with Gasteiger partial charge in [-0.15, -0.1) is 0 Å². The van der Waals surface area contributed by atoms with Crippen LogP contribution in [0.25, 0.3) is 0 Å². The molecule has 1 amide bonds. The maximum atomic E-state index is 14.0. The van der Waals surface area contributed by atoms with Crippen molar-refractivity contribution in [3.8, 4) is 0 Å². The number of anilines is 1. The van der Waals surface area contributed by atoms with Gasteiger partial charge in [-0.25, -0.2) is 9.18 Å². The first-order valence-corrected chi connectivity index (χ1v) is 8.10. The summed E-state index contributed by atoms with van der Waals surface area (Å²) in [5.74, 6) is -2.32. The number of carbonyl (C=O) groups is 2. The molecule has 134 valence electrons. The van der Waals surface area contributed by atoms with E-state index in [2.05, 4.69) is 0 Å². The molecule has 0 aliphatic carbocycles. The van der Waals surface area contributed by atoms with E-state index in [-0.39, 0.29) is 24.3 Å². The molecular formula is C19H16FNO5. The molecule has 1 N–H and O–H groups in total. The first-order chi connectivity index (χ1) is 12.4. The van der Waals surface area contributed by atoms with Crippen LogP contribution in [-0.2, 0) is 30.3 Å². The van der Waals surface area contributed by atoms with E-state index in [1.807, 2.05) is 0 Å². The summed E-state index contributed by atoms with van der Waals surface area (Å²) >= 11 is 0. The van der Waals surface area contributed by atoms with Gasteiger partial charge in [0.1, 0.15) is 12.4 Å². The smallest absolute Gasteiger partial charge is 0.347 e. The molecule has 2 atom stereocenters. The fraction of sp³-hybridized carbons (Fsp3) is 0.263. The van der Waals surface area contributed by atoms with Crippen molar-refractivity contribution in [3.63, 3.8) is 0 Å². The molecule has 0 bridgehead atoms. The average Bonchev–Trinajstić information content (AvgIpc) is 2.85. The van der Waals surface area contributed by atoms with E-state index in [0.717, 1.165) is 6.07 Å². The van der Waals surface area contributed by atoms with Gasteiger partial charge < -0.3 is 19.5 Å². The molecule has 2 heterocycles. The third-order valence-corrected chi connectivity index (χ3v) is 4.94. The lowest BCUT2D eigenvalue weighted by Gasteiger charge is -2.43. The molecular weight excluding hydrogens is 341 g/mol. The molecule has 0 unspecified atom stereocenters. The van der Waals surface area contributed by atoms with E-state index >= 15 is 0 Å². The highest BCUT2D eigenvalue weighted by molar-refractivity contribution is 6.10. The van der Waals surface area contributed by atoms with Gasteiger partial charge in [-0.05, 0) is 23.8 Å². The Kier molecular flexibility index (Phi) is 3.61. The topological polar surface area (TPSA) is 76.1 Å². The third-order valence-electron chi connectivity index (χ3n) is 4.94. The van der Waals surface area contributed by atoms with Gasteiger partial charge in [-0.2, -0.15) is 0 Å². The van der Waals surface area contributed by atoms with Crippen molar-refractivity contribution in [2.75, 3.05) is 25.2 Å². The van der Waals surface area contributed by atoms with Crippen molar-refractivity contribution in [1.82, 2.24) is 0 Å². The Bertz CT molecular complexity index is 902. The predicted molar refractivity (Wildman–Crippen MR) is 88.7 cm³/mol. The highest BCUT2D eigenvalue weighted by Gasteiger charge is 2.69. The largest absolute Gasteiger partial charge is 0.461 e. The van der Waals surface area contributed by atoms with Gasteiger partial charge in [0.15, 0.2) is 0 Å². The Labute approximate surface area is 148 Å². The number of likely N-dealkylation sites (N-methyl/N-ethyl adjacent to an activating group) is 1. The van der Waals surface area contributed by atoms with Gasteiger partial charge in [0.2, 0.25) is 11.2 Å². The fourth-order valence-electron chi connectivity index (χ4n) is 3.72. The molecule has 0 spiro atoms. The summed E-state index contributed by atoms with van der Waals surface area (Å²) in [4.78, 5) is 27.2. The standard InChI is InChI=1S/C19H16FNO5/c1-21-15-8-7-13(20)11-14(15)18(24,16(21)22)19(12-5-3-2-4-6-12)17(23)25-9-10-26-19/h2-8,11,24H,9-10H2,1H3/t18-,19-/m1/s1. The maximum absolute atomic E-state index is 14.0. The monoisotopic (exact) mass is 357 g/mol. The van der Waals surface area contributed by atoms with Crippen LogP contribution in [-0.4, -0.2) is 37.2 Å². The maximum Gasteiger partial charge on any atom is 0.347 e. The lowest BCUT2D eigenvalue weighted by atomic mass is 9.73. The summed E-state index contributed by atoms with van der Waals surface area (Å²) in [6, 6.07) is 11.8. The molecule has 7 heteroatoms. The van der Waals surface area contributed by atoms with Crippen LogP contribution < -0.4 is 4.90 Å². The van der Waals surface area contributed by atoms with E-state index in [1.54, 1.807) is 30.3 Å². The molecule has 2 aromatic rings. The molecule has 1 saturated heterocycles. The van der Waals surface area contributed by atoms with Gasteiger partial charge in [0.05, 0.1) is 12.3 Å². The summed E-state index contributed by atoms with van der Waals surface area (Å²) in [6.07, 6.45) is 0. The van der Waals surface area contributed by atoms with Crippen LogP contribution in [0.5, 0.6) is 0 Å². The van der Waals surface area contributed by atoms with Crippen molar-refractivity contribution in [3.05, 3.63) is 65.5 Å². The summed E-state index contributed by atoms with van der Waals surface area (Å²) in [6.45, 7) is -0.00583. The number of esters is 1. The zero-order chi connectivity index (χ0) is 18.5. The Morgan fingerprint density at radius 1 is 1.12 bits per heavy atom. The first kappa shape index (κ1) is 16.7. The zero-order valence-corrected chi connectivity index (χ0v) is 13.9. The van der Waals surface area contributed by atoms with E-state index in [9.17, 15) is 19.1 Å². The van der Waals surface area contributed by atoms with Crippen molar-refractivity contribution in [1.29, 1.82) is 0 Å². The van der Waals surface area contributed by atoms with Gasteiger partial charge in [-0.1, -0.05) is 30.3 Å². The van der Waals surface area contributed by atoms with Gasteiger partial charge in [0.25, 0.3) is 5.91 Å². The number of fused-ring (bicyclic) bond motifs is 1. The highest BCUT2D eigenvalue weighted by Crippen LogP contribution is 2.53. The summed E-state index contributed by atoms with van der Waals surface area (Å²) in [7, 11) is 1.45. The number of nitrogens with zero attached hydrogens (tertiary/aromatic N) is 1. The number of hydrogen-bond acceptors (Lipinski definition) is 5. The number of rotatable bonds is 2. The number of cyclic esters (lactones) is 1. The molecule has 0 aromatic heterocycles. The minimum Gasteiger partial charge on any atom is -0.461 e. The van der Waals surface area contributed by atoms with Crippen molar-refractivity contribution < 1.29 is 28.6 Å². The minimum atomic E-state index is -2.46. The van der Waals surface area contributed by atoms with Gasteiger partial charge in [0, 0.05) is 12.6 Å². The number of aliphatic hydroxyl groups is 1. The molecule has 2 aromatic carbocycles. The highest BCUT2D eigenvalue weighted by atomic mass is 19.1. The van der Waals surface area contributed by atoms with Crippen LogP contribution >= 0.6 is 0 Å². The SMILES string of the molecule is CN1C(=O)[C@@](O)([C@]2(c3ccccc3)OCCOC2=O)c2cc(F)ccc21. The van der Waals surface area contributed by atoms with Crippen molar-refractivity contribution in [2.45, 2.75) is 11.2 Å². The van der Waals surface area contributed by atoms with Crippen LogP contribution in [0.4, 0.5) is 10.1 Å². The summed E-state index contributed by atoms with van der Waals surface area (Å²) in [5.41, 5.74) is -4.07. The Hall–Kier alpha value is -2.77. The van der Waals surface area contributed by atoms with Crippen LogP contribution in [0, 0.1) is 5.82 Å². The van der Waals surface area contributed by atoms with E-state index in [1.165, 1.54) is 24.1 Å². The predicted octanol–water partition coefficient (Wildman–Crippen LogP) is 1.46. The number of ether oxygens (including phenoxy) is 2. The van der Waals surface area contributed by atoms with Crippen molar-refractivity contribution >= 4 is 17.6 Å². The van der Waals surface area contributed by atoms with Crippen LogP contribution in [0.3, 0.4) is 0 Å². The number of carbonyl (C=O) groups excluding carboxylic acids is 2. The average molecular weight is 357 g/mol. The second-order valence-corrected chi connectivity index (χ2v) is 6.27. The number of hydrogen-bond donors (Lipinski definition) is 1. The molecule has 26 heavy (non-hydrogen) atoms. The van der Waals surface area contributed by atoms with E-state index in [4.69, 9.17) is 9.47 Å². The molecule has 6 nitrogen and oxygen atoms in total. The molecule has 0 saturated carbocycles. The lowest BCUT2D eigenvalue weighted by Crippen LogP contribution is -2.63. The van der Waals surface area contributed by atoms with Crippen molar-refractivity contribution in [2.24, 2.45) is 0 Å². The normalized spacial score (nSPS) is 28.0. The second kappa shape index (κ2) is 5.62. The molecule has 2 aliphatic rings. The minimum absolute atomic E-state index is 0.00351. The van der Waals surface area contributed by atoms with Crippen LogP contribution in [0.15, 0.2) is 48.5 Å². The van der Waals surface area contributed by atoms with E-state index < -0.39 is 28.9 Å². The molecule has 2 aliphatic heterocycles. The second-order valence-electron chi connectivity index (χ2n) is 6.27. The first-order valence-electron chi connectivity index (χ1n) is 8.10. The number of halogens is 1. The number of amides is 1. The Morgan fingerprint density at radius 2 is 1.85 bits per heavy atom. The zero-order valence-electron chi connectivity index (χ0n) is 13.9. The van der Waals surface area contributed by atoms with Crippen LogP contribution in [0.1, 0.15) is 11.1 Å². The summed E-state index contributed by atoms with van der Waals surface area (Å²) < 4.78 is 24.9. The van der Waals surface area contributed by atoms with E-state index in [0.29, 0.717) is 5.69 Å². The molecule has 0 radical (unpaired) electrons. The quantitative estimate of drug-likeness (QED) is 0.824. The molecule has 1 fully saturated rings. The Morgan fingerprint density at radius 3 is 2.54 bits per heavy atom. The number of benzene rings is 2.